The van der Waals surface area contributed by atoms with E-state index in [0.29, 0.717) is 6.04 Å². The first-order valence-corrected chi connectivity index (χ1v) is 4.40. The molecule has 1 aliphatic heterocycles. The molecule has 4 heteroatoms. The highest BCUT2D eigenvalue weighted by Crippen LogP contribution is 2.20. The van der Waals surface area contributed by atoms with Crippen molar-refractivity contribution in [1.82, 2.24) is 15.5 Å². The second-order valence-corrected chi connectivity index (χ2v) is 3.18. The molecule has 1 atom stereocenters. The summed E-state index contributed by atoms with van der Waals surface area (Å²) in [5, 5.41) is 7.12. The molecule has 0 radical (unpaired) electrons. The molecule has 1 aromatic heterocycles. The van der Waals surface area contributed by atoms with Crippen molar-refractivity contribution in [3.05, 3.63) is 11.7 Å². The lowest BCUT2D eigenvalue weighted by atomic mass is 10.1. The zero-order valence-corrected chi connectivity index (χ0v) is 7.21. The zero-order chi connectivity index (χ0) is 8.39. The number of nitrogens with one attached hydrogen (secondary N) is 1. The molecule has 4 nitrogen and oxygen atoms in total. The first-order chi connectivity index (χ1) is 5.86. The van der Waals surface area contributed by atoms with E-state index in [-0.39, 0.29) is 0 Å². The van der Waals surface area contributed by atoms with Crippen molar-refractivity contribution < 1.29 is 4.52 Å². The standard InChI is InChI=1S/C8H13N3O/c1-6-10-8(12-11-6)7-4-2-3-5-9-7/h7,9H,2-5H2,1H3/t7-/m0/s1. The molecular weight excluding hydrogens is 154 g/mol. The molecule has 2 heterocycles. The fourth-order valence-electron chi connectivity index (χ4n) is 1.52. The third kappa shape index (κ3) is 1.48. The largest absolute Gasteiger partial charge is 0.338 e. The lowest BCUT2D eigenvalue weighted by Crippen LogP contribution is -2.26. The summed E-state index contributed by atoms with van der Waals surface area (Å²) in [5.41, 5.74) is 0. The number of piperidine rings is 1. The Morgan fingerprint density at radius 3 is 3.00 bits per heavy atom. The van der Waals surface area contributed by atoms with Gasteiger partial charge in [-0.05, 0) is 26.3 Å². The van der Waals surface area contributed by atoms with Crippen LogP contribution in [0.2, 0.25) is 0 Å². The molecule has 12 heavy (non-hydrogen) atoms. The highest BCUT2D eigenvalue weighted by atomic mass is 16.5. The minimum Gasteiger partial charge on any atom is -0.338 e. The number of nitrogens with zero attached hydrogens (tertiary/aromatic N) is 2. The molecule has 2 rings (SSSR count). The molecular formula is C8H13N3O. The fraction of sp³-hybridized carbons (Fsp3) is 0.750. The summed E-state index contributed by atoms with van der Waals surface area (Å²) in [6.45, 7) is 2.90. The van der Waals surface area contributed by atoms with Gasteiger partial charge in [-0.25, -0.2) is 0 Å². The molecule has 1 aromatic rings. The second-order valence-electron chi connectivity index (χ2n) is 3.18. The predicted octanol–water partition coefficient (Wildman–Crippen LogP) is 1.19. The van der Waals surface area contributed by atoms with E-state index >= 15 is 0 Å². The SMILES string of the molecule is Cc1noc([C@@H]2CCCCN2)n1. The Labute approximate surface area is 71.4 Å². The van der Waals surface area contributed by atoms with Crippen LogP contribution in [0.3, 0.4) is 0 Å². The van der Waals surface area contributed by atoms with Crippen LogP contribution >= 0.6 is 0 Å². The van der Waals surface area contributed by atoms with Gasteiger partial charge in [0.2, 0.25) is 5.89 Å². The van der Waals surface area contributed by atoms with E-state index in [0.717, 1.165) is 24.7 Å². The Balaban J connectivity index is 2.08. The van der Waals surface area contributed by atoms with Crippen molar-refractivity contribution in [2.75, 3.05) is 6.54 Å². The van der Waals surface area contributed by atoms with Crippen LogP contribution in [-0.2, 0) is 0 Å². The van der Waals surface area contributed by atoms with Crippen LogP contribution in [0.1, 0.15) is 37.0 Å². The molecule has 0 saturated carbocycles. The van der Waals surface area contributed by atoms with Crippen molar-refractivity contribution in [1.29, 1.82) is 0 Å². The molecule has 66 valence electrons. The van der Waals surface area contributed by atoms with Gasteiger partial charge in [0.05, 0.1) is 6.04 Å². The highest BCUT2D eigenvalue weighted by Gasteiger charge is 2.19. The monoisotopic (exact) mass is 167 g/mol. The van der Waals surface area contributed by atoms with Crippen LogP contribution < -0.4 is 5.32 Å². The van der Waals surface area contributed by atoms with E-state index in [2.05, 4.69) is 15.5 Å². The molecule has 1 saturated heterocycles. The van der Waals surface area contributed by atoms with Crippen molar-refractivity contribution in [3.8, 4) is 0 Å². The minimum absolute atomic E-state index is 0.292. The third-order valence-electron chi connectivity index (χ3n) is 2.15. The van der Waals surface area contributed by atoms with Crippen LogP contribution in [0.5, 0.6) is 0 Å². The van der Waals surface area contributed by atoms with Gasteiger partial charge < -0.3 is 9.84 Å². The molecule has 1 N–H and O–H groups in total. The van der Waals surface area contributed by atoms with Crippen LogP contribution in [0.15, 0.2) is 4.52 Å². The van der Waals surface area contributed by atoms with Crippen LogP contribution in [0, 0.1) is 6.92 Å². The quantitative estimate of drug-likeness (QED) is 0.682. The Kier molecular flexibility index (Phi) is 2.08. The third-order valence-corrected chi connectivity index (χ3v) is 2.15. The maximum Gasteiger partial charge on any atom is 0.243 e. The van der Waals surface area contributed by atoms with Crippen molar-refractivity contribution in [3.63, 3.8) is 0 Å². The van der Waals surface area contributed by atoms with Gasteiger partial charge in [-0.3, -0.25) is 0 Å². The predicted molar refractivity (Wildman–Crippen MR) is 43.6 cm³/mol. The summed E-state index contributed by atoms with van der Waals surface area (Å²) < 4.78 is 5.08. The van der Waals surface area contributed by atoms with E-state index in [9.17, 15) is 0 Å². The summed E-state index contributed by atoms with van der Waals surface area (Å²) in [6.07, 6.45) is 3.62. The Morgan fingerprint density at radius 2 is 2.42 bits per heavy atom. The van der Waals surface area contributed by atoms with Gasteiger partial charge in [-0.1, -0.05) is 11.6 Å². The van der Waals surface area contributed by atoms with Crippen molar-refractivity contribution in [2.24, 2.45) is 0 Å². The van der Waals surface area contributed by atoms with Crippen molar-refractivity contribution in [2.45, 2.75) is 32.2 Å². The number of aryl methyl sites for hydroxylation is 1. The summed E-state index contributed by atoms with van der Waals surface area (Å²) in [7, 11) is 0. The highest BCUT2D eigenvalue weighted by molar-refractivity contribution is 4.92. The van der Waals surface area contributed by atoms with Crippen LogP contribution in [0.4, 0.5) is 0 Å². The van der Waals surface area contributed by atoms with Gasteiger partial charge in [0.25, 0.3) is 0 Å². The van der Waals surface area contributed by atoms with E-state index < -0.39 is 0 Å². The van der Waals surface area contributed by atoms with E-state index in [4.69, 9.17) is 4.52 Å². The Bertz CT molecular complexity index is 253. The lowest BCUT2D eigenvalue weighted by Gasteiger charge is -2.19. The maximum absolute atomic E-state index is 5.08. The molecule has 0 aliphatic carbocycles. The van der Waals surface area contributed by atoms with E-state index in [1.54, 1.807) is 0 Å². The Morgan fingerprint density at radius 1 is 1.50 bits per heavy atom. The molecule has 0 unspecified atom stereocenters. The molecule has 0 bridgehead atoms. The molecule has 0 aromatic carbocycles. The first-order valence-electron chi connectivity index (χ1n) is 4.40. The zero-order valence-electron chi connectivity index (χ0n) is 7.21. The average Bonchev–Trinajstić information content (AvgIpc) is 2.54. The molecule has 1 aliphatic rings. The minimum atomic E-state index is 0.292. The summed E-state index contributed by atoms with van der Waals surface area (Å²) in [5.74, 6) is 1.46. The second kappa shape index (κ2) is 3.23. The number of hydrogen-bond donors (Lipinski definition) is 1. The first kappa shape index (κ1) is 7.73. The lowest BCUT2D eigenvalue weighted by molar-refractivity contribution is 0.296. The topological polar surface area (TPSA) is 51.0 Å². The van der Waals surface area contributed by atoms with Crippen LogP contribution in [-0.4, -0.2) is 16.7 Å². The molecule has 0 amide bonds. The van der Waals surface area contributed by atoms with Gasteiger partial charge in [0.15, 0.2) is 5.82 Å². The van der Waals surface area contributed by atoms with Gasteiger partial charge in [0.1, 0.15) is 0 Å². The van der Waals surface area contributed by atoms with Gasteiger partial charge in [-0.2, -0.15) is 4.98 Å². The maximum atomic E-state index is 5.08. The number of aromatic nitrogens is 2. The van der Waals surface area contributed by atoms with E-state index in [1.807, 2.05) is 6.92 Å². The fourth-order valence-corrected chi connectivity index (χ4v) is 1.52. The van der Waals surface area contributed by atoms with Gasteiger partial charge in [-0.15, -0.1) is 0 Å². The molecule has 1 fully saturated rings. The smallest absolute Gasteiger partial charge is 0.243 e. The normalized spacial score (nSPS) is 24.2. The molecule has 0 spiro atoms. The van der Waals surface area contributed by atoms with Crippen molar-refractivity contribution >= 4 is 0 Å². The van der Waals surface area contributed by atoms with Gasteiger partial charge in [0, 0.05) is 0 Å². The Hall–Kier alpha value is -0.900. The van der Waals surface area contributed by atoms with Gasteiger partial charge >= 0.3 is 0 Å². The summed E-state index contributed by atoms with van der Waals surface area (Å²) in [6, 6.07) is 0.292. The van der Waals surface area contributed by atoms with Crippen LogP contribution in [0.25, 0.3) is 0 Å². The average molecular weight is 167 g/mol. The number of hydrogen-bond acceptors (Lipinski definition) is 4. The summed E-state index contributed by atoms with van der Waals surface area (Å²) in [4.78, 5) is 4.19. The van der Waals surface area contributed by atoms with E-state index in [1.165, 1.54) is 12.8 Å². The number of rotatable bonds is 1. The summed E-state index contributed by atoms with van der Waals surface area (Å²) >= 11 is 0.